The number of nitrogens with one attached hydrogen (secondary N) is 2. The van der Waals surface area contributed by atoms with Crippen LogP contribution in [-0.2, 0) is 19.6 Å². The standard InChI is InChI=1S/C23H32N4O5S/c1-17-9-4-5-12-23(17)21(29)27(22(30)25-23)16-20(28)24-18-10-8-11-19(15-18)33(31,32)26-13-6-2-3-7-14-26/h8,10-11,15,17H,2-7,9,12-14,16H2,1H3,(H,24,28)(H,25,30). The van der Waals surface area contributed by atoms with Crippen molar-refractivity contribution in [1.29, 1.82) is 0 Å². The Balaban J connectivity index is 1.44. The van der Waals surface area contributed by atoms with Crippen LogP contribution in [0.5, 0.6) is 0 Å². The molecule has 180 valence electrons. The molecule has 2 saturated heterocycles. The number of rotatable bonds is 5. The van der Waals surface area contributed by atoms with E-state index in [2.05, 4.69) is 10.6 Å². The lowest BCUT2D eigenvalue weighted by Gasteiger charge is -2.36. The van der Waals surface area contributed by atoms with E-state index in [4.69, 9.17) is 0 Å². The number of benzene rings is 1. The lowest BCUT2D eigenvalue weighted by Crippen LogP contribution is -2.54. The van der Waals surface area contributed by atoms with E-state index in [9.17, 15) is 22.8 Å². The Morgan fingerprint density at radius 3 is 2.55 bits per heavy atom. The molecule has 2 atom stereocenters. The van der Waals surface area contributed by atoms with Gasteiger partial charge in [-0.2, -0.15) is 4.31 Å². The van der Waals surface area contributed by atoms with Gasteiger partial charge in [0.1, 0.15) is 12.1 Å². The third-order valence-corrected chi connectivity index (χ3v) is 9.02. The number of hydrogen-bond acceptors (Lipinski definition) is 5. The Bertz CT molecular complexity index is 1040. The Morgan fingerprint density at radius 1 is 1.12 bits per heavy atom. The zero-order valence-electron chi connectivity index (χ0n) is 19.0. The first-order valence-corrected chi connectivity index (χ1v) is 13.2. The number of anilines is 1. The monoisotopic (exact) mass is 476 g/mol. The minimum Gasteiger partial charge on any atom is -0.324 e. The van der Waals surface area contributed by atoms with Crippen LogP contribution in [0.15, 0.2) is 29.2 Å². The molecule has 4 amide bonds. The molecule has 0 aromatic heterocycles. The lowest BCUT2D eigenvalue weighted by atomic mass is 9.73. The van der Waals surface area contributed by atoms with Crippen LogP contribution >= 0.6 is 0 Å². The van der Waals surface area contributed by atoms with Crippen LogP contribution in [0.4, 0.5) is 10.5 Å². The van der Waals surface area contributed by atoms with Crippen LogP contribution in [-0.4, -0.2) is 60.6 Å². The van der Waals surface area contributed by atoms with Crippen molar-refractivity contribution >= 4 is 33.6 Å². The molecule has 9 nitrogen and oxygen atoms in total. The highest BCUT2D eigenvalue weighted by Crippen LogP contribution is 2.38. The van der Waals surface area contributed by atoms with Gasteiger partial charge in [0.2, 0.25) is 15.9 Å². The Morgan fingerprint density at radius 2 is 1.85 bits per heavy atom. The average Bonchev–Trinajstić information content (AvgIpc) is 2.99. The van der Waals surface area contributed by atoms with E-state index in [1.165, 1.54) is 16.4 Å². The molecule has 3 fully saturated rings. The summed E-state index contributed by atoms with van der Waals surface area (Å²) in [6, 6.07) is 5.56. The molecule has 1 aromatic rings. The first kappa shape index (κ1) is 23.7. The summed E-state index contributed by atoms with van der Waals surface area (Å²) in [6.07, 6.45) is 7.01. The van der Waals surface area contributed by atoms with Crippen molar-refractivity contribution in [3.05, 3.63) is 24.3 Å². The van der Waals surface area contributed by atoms with Crippen LogP contribution in [0.3, 0.4) is 0 Å². The van der Waals surface area contributed by atoms with Crippen molar-refractivity contribution in [3.63, 3.8) is 0 Å². The SMILES string of the molecule is CC1CCCCC12NC(=O)N(CC(=O)Nc1cccc(S(=O)(=O)N3CCCCCC3)c1)C2=O. The van der Waals surface area contributed by atoms with Gasteiger partial charge in [-0.15, -0.1) is 0 Å². The van der Waals surface area contributed by atoms with Crippen molar-refractivity contribution in [2.45, 2.75) is 68.7 Å². The summed E-state index contributed by atoms with van der Waals surface area (Å²) in [7, 11) is -3.66. The largest absolute Gasteiger partial charge is 0.325 e. The minimum absolute atomic E-state index is 0.0108. The molecule has 3 aliphatic rings. The van der Waals surface area contributed by atoms with Gasteiger partial charge in [-0.3, -0.25) is 14.5 Å². The van der Waals surface area contributed by atoms with Crippen molar-refractivity contribution in [2.75, 3.05) is 25.0 Å². The molecular weight excluding hydrogens is 444 g/mol. The zero-order valence-corrected chi connectivity index (χ0v) is 19.8. The maximum absolute atomic E-state index is 13.1. The molecule has 0 radical (unpaired) electrons. The third-order valence-electron chi connectivity index (χ3n) is 7.12. The molecule has 2 heterocycles. The van der Waals surface area contributed by atoms with Crippen LogP contribution < -0.4 is 10.6 Å². The molecular formula is C23H32N4O5S. The summed E-state index contributed by atoms with van der Waals surface area (Å²) in [5.41, 5.74) is -0.611. The molecule has 1 aliphatic carbocycles. The second-order valence-corrected chi connectivity index (χ2v) is 11.3. The van der Waals surface area contributed by atoms with Crippen molar-refractivity contribution in [2.24, 2.45) is 5.92 Å². The molecule has 2 N–H and O–H groups in total. The normalized spacial score (nSPS) is 26.8. The topological polar surface area (TPSA) is 116 Å². The fourth-order valence-corrected chi connectivity index (χ4v) is 6.71. The summed E-state index contributed by atoms with van der Waals surface area (Å²) >= 11 is 0. The predicted octanol–water partition coefficient (Wildman–Crippen LogP) is 2.69. The number of sulfonamides is 1. The molecule has 10 heteroatoms. The van der Waals surface area contributed by atoms with Gasteiger partial charge in [-0.05, 0) is 49.8 Å². The average molecular weight is 477 g/mol. The minimum atomic E-state index is -3.66. The summed E-state index contributed by atoms with van der Waals surface area (Å²) in [5.74, 6) is -0.896. The first-order valence-electron chi connectivity index (χ1n) is 11.8. The number of hydrogen-bond donors (Lipinski definition) is 2. The van der Waals surface area contributed by atoms with Gasteiger partial charge in [-0.25, -0.2) is 13.2 Å². The van der Waals surface area contributed by atoms with E-state index >= 15 is 0 Å². The number of carbonyl (C=O) groups excluding carboxylic acids is 3. The van der Waals surface area contributed by atoms with Crippen LogP contribution in [0, 0.1) is 5.92 Å². The van der Waals surface area contributed by atoms with Crippen molar-refractivity contribution in [1.82, 2.24) is 14.5 Å². The molecule has 2 aliphatic heterocycles. The molecule has 1 spiro atoms. The quantitative estimate of drug-likeness (QED) is 0.634. The Hall–Kier alpha value is -2.46. The van der Waals surface area contributed by atoms with Gasteiger partial charge in [0.05, 0.1) is 4.90 Å². The molecule has 4 rings (SSSR count). The second kappa shape index (κ2) is 9.42. The van der Waals surface area contributed by atoms with Crippen molar-refractivity contribution in [3.8, 4) is 0 Å². The number of carbonyl (C=O) groups is 3. The van der Waals surface area contributed by atoms with Crippen LogP contribution in [0.2, 0.25) is 0 Å². The smallest absolute Gasteiger partial charge is 0.324 e. The van der Waals surface area contributed by atoms with E-state index in [1.54, 1.807) is 12.1 Å². The number of imide groups is 1. The summed E-state index contributed by atoms with van der Waals surface area (Å²) in [6.45, 7) is 2.52. The fourth-order valence-electron chi connectivity index (χ4n) is 5.15. The first-order chi connectivity index (χ1) is 15.7. The van der Waals surface area contributed by atoms with Gasteiger partial charge < -0.3 is 10.6 Å². The Labute approximate surface area is 194 Å². The van der Waals surface area contributed by atoms with Gasteiger partial charge in [0.15, 0.2) is 0 Å². The van der Waals surface area contributed by atoms with Crippen LogP contribution in [0.25, 0.3) is 0 Å². The maximum atomic E-state index is 13.1. The summed E-state index contributed by atoms with van der Waals surface area (Å²) in [4.78, 5) is 39.3. The van der Waals surface area contributed by atoms with E-state index in [0.29, 0.717) is 25.2 Å². The lowest BCUT2D eigenvalue weighted by molar-refractivity contribution is -0.136. The number of urea groups is 1. The van der Waals surface area contributed by atoms with Crippen molar-refractivity contribution < 1.29 is 22.8 Å². The fraction of sp³-hybridized carbons (Fsp3) is 0.609. The van der Waals surface area contributed by atoms with Gasteiger partial charge in [0, 0.05) is 18.8 Å². The van der Waals surface area contributed by atoms with E-state index in [0.717, 1.165) is 49.8 Å². The van der Waals surface area contributed by atoms with Gasteiger partial charge >= 0.3 is 6.03 Å². The summed E-state index contributed by atoms with van der Waals surface area (Å²) in [5, 5.41) is 5.48. The zero-order chi connectivity index (χ0) is 23.6. The van der Waals surface area contributed by atoms with Crippen LogP contribution in [0.1, 0.15) is 58.3 Å². The molecule has 2 unspecified atom stereocenters. The highest BCUT2D eigenvalue weighted by Gasteiger charge is 2.55. The number of nitrogens with zero attached hydrogens (tertiary/aromatic N) is 2. The Kier molecular flexibility index (Phi) is 6.76. The molecule has 33 heavy (non-hydrogen) atoms. The van der Waals surface area contributed by atoms with E-state index < -0.39 is 34.0 Å². The molecule has 1 saturated carbocycles. The maximum Gasteiger partial charge on any atom is 0.325 e. The molecule has 0 bridgehead atoms. The highest BCUT2D eigenvalue weighted by molar-refractivity contribution is 7.89. The summed E-state index contributed by atoms with van der Waals surface area (Å²) < 4.78 is 27.6. The predicted molar refractivity (Wildman–Crippen MR) is 123 cm³/mol. The van der Waals surface area contributed by atoms with E-state index in [1.807, 2.05) is 6.92 Å². The molecule has 1 aromatic carbocycles. The number of amides is 4. The van der Waals surface area contributed by atoms with Gasteiger partial charge in [-0.1, -0.05) is 38.7 Å². The van der Waals surface area contributed by atoms with Gasteiger partial charge in [0.25, 0.3) is 5.91 Å². The van der Waals surface area contributed by atoms with E-state index in [-0.39, 0.29) is 16.7 Å². The highest BCUT2D eigenvalue weighted by atomic mass is 32.2. The third kappa shape index (κ3) is 4.63. The second-order valence-electron chi connectivity index (χ2n) is 9.33.